The number of benzene rings is 1. The molecule has 0 radical (unpaired) electrons. The van der Waals surface area contributed by atoms with E-state index in [2.05, 4.69) is 38.1 Å². The van der Waals surface area contributed by atoms with E-state index in [4.69, 9.17) is 28.2 Å². The molecule has 0 spiro atoms. The van der Waals surface area contributed by atoms with Crippen molar-refractivity contribution in [3.8, 4) is 11.3 Å². The Labute approximate surface area is 195 Å². The van der Waals surface area contributed by atoms with Gasteiger partial charge < -0.3 is 10.3 Å². The SMILES string of the molecule is Clc1cccc(Cl)c1-c1[nH]c2c[nH+]c(NCc3cccs3)nc2c1C[C@@H]1CCCNC1. The van der Waals surface area contributed by atoms with Crippen LogP contribution in [0.3, 0.4) is 0 Å². The Bertz CT molecular complexity index is 1160. The van der Waals surface area contributed by atoms with Gasteiger partial charge in [0.15, 0.2) is 5.52 Å². The van der Waals surface area contributed by atoms with Gasteiger partial charge in [-0.05, 0) is 61.8 Å². The molecule has 1 saturated heterocycles. The van der Waals surface area contributed by atoms with Crippen LogP contribution in [0.15, 0.2) is 41.9 Å². The van der Waals surface area contributed by atoms with Gasteiger partial charge in [-0.15, -0.1) is 11.3 Å². The molecule has 5 nitrogen and oxygen atoms in total. The largest absolute Gasteiger partial charge is 0.390 e. The number of anilines is 1. The van der Waals surface area contributed by atoms with E-state index in [1.54, 1.807) is 11.3 Å². The first-order chi connectivity index (χ1) is 15.2. The zero-order chi connectivity index (χ0) is 21.2. The summed E-state index contributed by atoms with van der Waals surface area (Å²) in [5.74, 6) is 1.31. The van der Waals surface area contributed by atoms with E-state index in [1.165, 1.54) is 23.3 Å². The molecule has 1 fully saturated rings. The second-order valence-electron chi connectivity index (χ2n) is 7.94. The van der Waals surface area contributed by atoms with Gasteiger partial charge in [-0.2, -0.15) is 0 Å². The van der Waals surface area contributed by atoms with E-state index in [-0.39, 0.29) is 0 Å². The Morgan fingerprint density at radius 2 is 2.06 bits per heavy atom. The number of aromatic nitrogens is 3. The van der Waals surface area contributed by atoms with Gasteiger partial charge in [0.05, 0.1) is 28.5 Å². The standard InChI is InChI=1S/C23H23Cl2N5S/c24-17-6-1-7-18(25)20(17)22-16(10-14-4-2-8-26-11-14)21-19(29-22)13-28-23(30-21)27-12-15-5-3-9-31-15/h1,3,5-7,9,13-14,26,29H,2,4,8,10-12H2,(H,27,28,30)/p+1/t14-/m0/s1. The van der Waals surface area contributed by atoms with E-state index < -0.39 is 0 Å². The lowest BCUT2D eigenvalue weighted by molar-refractivity contribution is -0.363. The second-order valence-corrected chi connectivity index (χ2v) is 9.78. The van der Waals surface area contributed by atoms with Gasteiger partial charge in [-0.1, -0.05) is 40.3 Å². The highest BCUT2D eigenvalue weighted by Gasteiger charge is 2.25. The van der Waals surface area contributed by atoms with Gasteiger partial charge in [-0.3, -0.25) is 5.32 Å². The number of halogens is 2. The van der Waals surface area contributed by atoms with Crippen LogP contribution in [0.1, 0.15) is 23.3 Å². The van der Waals surface area contributed by atoms with Gasteiger partial charge in [0.2, 0.25) is 0 Å². The molecule has 0 aliphatic carbocycles. The number of thiophene rings is 1. The lowest BCUT2D eigenvalue weighted by Crippen LogP contribution is -2.30. The van der Waals surface area contributed by atoms with Crippen LogP contribution in [-0.4, -0.2) is 23.1 Å². The number of nitrogens with zero attached hydrogens (tertiary/aromatic N) is 1. The fourth-order valence-electron chi connectivity index (χ4n) is 4.28. The van der Waals surface area contributed by atoms with Crippen molar-refractivity contribution in [2.24, 2.45) is 5.92 Å². The summed E-state index contributed by atoms with van der Waals surface area (Å²) >= 11 is 14.9. The summed E-state index contributed by atoms with van der Waals surface area (Å²) in [6, 6.07) is 9.82. The molecule has 0 amide bonds. The Morgan fingerprint density at radius 3 is 2.81 bits per heavy atom. The number of aromatic amines is 2. The molecule has 1 aromatic carbocycles. The molecule has 0 unspecified atom stereocenters. The third-order valence-electron chi connectivity index (χ3n) is 5.79. The van der Waals surface area contributed by atoms with Gasteiger partial charge in [0.25, 0.3) is 0 Å². The van der Waals surface area contributed by atoms with Crippen molar-refractivity contribution < 1.29 is 4.98 Å². The molecule has 0 saturated carbocycles. The van der Waals surface area contributed by atoms with E-state index in [0.717, 1.165) is 54.3 Å². The Morgan fingerprint density at radius 1 is 1.19 bits per heavy atom. The minimum Gasteiger partial charge on any atom is -0.349 e. The first-order valence-corrected chi connectivity index (χ1v) is 12.2. The first kappa shape index (κ1) is 20.8. The highest BCUT2D eigenvalue weighted by Crippen LogP contribution is 2.39. The molecular weight excluding hydrogens is 449 g/mol. The molecule has 8 heteroatoms. The summed E-state index contributed by atoms with van der Waals surface area (Å²) in [7, 11) is 0. The average Bonchev–Trinajstić information content (AvgIpc) is 3.41. The molecule has 4 N–H and O–H groups in total. The van der Waals surface area contributed by atoms with Crippen molar-refractivity contribution in [2.45, 2.75) is 25.8 Å². The lowest BCUT2D eigenvalue weighted by Gasteiger charge is -2.22. The summed E-state index contributed by atoms with van der Waals surface area (Å²) in [5, 5.41) is 10.3. The zero-order valence-corrected chi connectivity index (χ0v) is 19.3. The molecule has 4 aromatic rings. The molecule has 3 aromatic heterocycles. The molecule has 1 aliphatic rings. The highest BCUT2D eigenvalue weighted by molar-refractivity contribution is 7.09. The molecule has 5 rings (SSSR count). The number of fused-ring (bicyclic) bond motifs is 1. The quantitative estimate of drug-likeness (QED) is 0.343. The molecule has 4 heterocycles. The maximum atomic E-state index is 6.59. The van der Waals surface area contributed by atoms with E-state index in [1.807, 2.05) is 24.4 Å². The minimum absolute atomic E-state index is 0.557. The molecule has 1 atom stereocenters. The van der Waals surface area contributed by atoms with Crippen LogP contribution < -0.4 is 15.6 Å². The maximum Gasteiger partial charge on any atom is 0.390 e. The van der Waals surface area contributed by atoms with Crippen LogP contribution in [0.2, 0.25) is 10.0 Å². The van der Waals surface area contributed by atoms with Crippen LogP contribution >= 0.6 is 34.5 Å². The zero-order valence-electron chi connectivity index (χ0n) is 17.0. The Kier molecular flexibility index (Phi) is 6.14. The Balaban J connectivity index is 1.57. The number of piperidine rings is 1. The smallest absolute Gasteiger partial charge is 0.349 e. The topological polar surface area (TPSA) is 66.9 Å². The third kappa shape index (κ3) is 4.44. The van der Waals surface area contributed by atoms with E-state index >= 15 is 0 Å². The van der Waals surface area contributed by atoms with Crippen molar-refractivity contribution >= 4 is 51.5 Å². The molecule has 160 valence electrons. The lowest BCUT2D eigenvalue weighted by atomic mass is 9.91. The van der Waals surface area contributed by atoms with Crippen molar-refractivity contribution in [3.05, 3.63) is 62.4 Å². The summed E-state index contributed by atoms with van der Waals surface area (Å²) < 4.78 is 0. The summed E-state index contributed by atoms with van der Waals surface area (Å²) in [6.45, 7) is 2.85. The summed E-state index contributed by atoms with van der Waals surface area (Å²) in [6.07, 6.45) is 5.29. The fourth-order valence-corrected chi connectivity index (χ4v) is 5.51. The molecule has 0 bridgehead atoms. The molecule has 1 aliphatic heterocycles. The van der Waals surface area contributed by atoms with Crippen molar-refractivity contribution in [3.63, 3.8) is 0 Å². The number of hydrogen-bond donors (Lipinski definition) is 3. The van der Waals surface area contributed by atoms with Gasteiger partial charge in [0.1, 0.15) is 5.52 Å². The minimum atomic E-state index is 0.557. The van der Waals surface area contributed by atoms with E-state index in [0.29, 0.717) is 16.0 Å². The molecular formula is C23H24Cl2N5S+. The molecule has 31 heavy (non-hydrogen) atoms. The predicted molar refractivity (Wildman–Crippen MR) is 129 cm³/mol. The highest BCUT2D eigenvalue weighted by atomic mass is 35.5. The number of rotatable bonds is 6. The number of hydrogen-bond acceptors (Lipinski definition) is 4. The van der Waals surface area contributed by atoms with Crippen LogP contribution in [0.5, 0.6) is 0 Å². The Hall–Kier alpha value is -2.12. The van der Waals surface area contributed by atoms with Crippen molar-refractivity contribution in [1.29, 1.82) is 0 Å². The maximum absolute atomic E-state index is 6.59. The van der Waals surface area contributed by atoms with Gasteiger partial charge >= 0.3 is 5.95 Å². The second kappa shape index (κ2) is 9.17. The monoisotopic (exact) mass is 472 g/mol. The van der Waals surface area contributed by atoms with Gasteiger partial charge in [-0.25, -0.2) is 4.98 Å². The fraction of sp³-hybridized carbons (Fsp3) is 0.304. The predicted octanol–water partition coefficient (Wildman–Crippen LogP) is 5.57. The van der Waals surface area contributed by atoms with Gasteiger partial charge in [0, 0.05) is 16.0 Å². The average molecular weight is 473 g/mol. The van der Waals surface area contributed by atoms with Crippen LogP contribution in [-0.2, 0) is 13.0 Å². The summed E-state index contributed by atoms with van der Waals surface area (Å²) in [4.78, 5) is 13.0. The van der Waals surface area contributed by atoms with Crippen LogP contribution in [0, 0.1) is 5.92 Å². The van der Waals surface area contributed by atoms with Crippen molar-refractivity contribution in [2.75, 3.05) is 18.4 Å². The normalized spacial score (nSPS) is 16.6. The van der Waals surface area contributed by atoms with Crippen molar-refractivity contribution in [1.82, 2.24) is 15.3 Å². The third-order valence-corrected chi connectivity index (χ3v) is 7.30. The first-order valence-electron chi connectivity index (χ1n) is 10.5. The van der Waals surface area contributed by atoms with Crippen LogP contribution in [0.25, 0.3) is 22.3 Å². The summed E-state index contributed by atoms with van der Waals surface area (Å²) in [5.41, 5.74) is 4.89. The van der Waals surface area contributed by atoms with E-state index in [9.17, 15) is 0 Å². The van der Waals surface area contributed by atoms with Crippen LogP contribution in [0.4, 0.5) is 5.95 Å². The number of nitrogens with one attached hydrogen (secondary N) is 4. The number of H-pyrrole nitrogens is 2.